The zero-order valence-electron chi connectivity index (χ0n) is 11.0. The lowest BCUT2D eigenvalue weighted by Gasteiger charge is -2.06. The second kappa shape index (κ2) is 5.43. The van der Waals surface area contributed by atoms with Gasteiger partial charge in [-0.15, -0.1) is 0 Å². The number of rotatable bonds is 3. The molecule has 0 saturated heterocycles. The van der Waals surface area contributed by atoms with Crippen molar-refractivity contribution in [2.45, 2.75) is 13.1 Å². The predicted molar refractivity (Wildman–Crippen MR) is 70.5 cm³/mol. The van der Waals surface area contributed by atoms with Crippen molar-refractivity contribution in [3.8, 4) is 11.3 Å². The Morgan fingerprint density at radius 3 is 2.62 bits per heavy atom. The molecule has 1 amide bonds. The topological polar surface area (TPSA) is 55.1 Å². The second-order valence-electron chi connectivity index (χ2n) is 4.30. The number of nitrogens with one attached hydrogen (secondary N) is 1. The van der Waals surface area contributed by atoms with E-state index in [-0.39, 0.29) is 11.6 Å². The van der Waals surface area contributed by atoms with Gasteiger partial charge < -0.3 is 9.84 Å². The van der Waals surface area contributed by atoms with E-state index < -0.39 is 11.9 Å². The maximum absolute atomic E-state index is 12.5. The fourth-order valence-corrected chi connectivity index (χ4v) is 1.76. The van der Waals surface area contributed by atoms with E-state index in [9.17, 15) is 18.0 Å². The number of alkyl halides is 3. The summed E-state index contributed by atoms with van der Waals surface area (Å²) in [5, 5.41) is 5.98. The van der Waals surface area contributed by atoms with Crippen LogP contribution < -0.4 is 5.32 Å². The molecule has 1 heterocycles. The van der Waals surface area contributed by atoms with Crippen LogP contribution in [-0.2, 0) is 11.0 Å². The fourth-order valence-electron chi connectivity index (χ4n) is 1.76. The van der Waals surface area contributed by atoms with Crippen LogP contribution in [0.4, 0.5) is 18.9 Å². The summed E-state index contributed by atoms with van der Waals surface area (Å²) in [7, 11) is 0. The lowest BCUT2D eigenvalue weighted by Crippen LogP contribution is -2.07. The standard InChI is InChI=1S/C14H11F3N2O2/c1-3-13(20)18-9-4-5-10(8(2)6-9)11-7-12(21-19-11)14(15,16)17/h3-7H,1H2,2H3,(H,18,20). The normalized spacial score (nSPS) is 11.2. The van der Waals surface area contributed by atoms with E-state index >= 15 is 0 Å². The predicted octanol–water partition coefficient (Wildman–Crippen LogP) is 3.79. The van der Waals surface area contributed by atoms with Gasteiger partial charge >= 0.3 is 6.18 Å². The molecule has 0 bridgehead atoms. The van der Waals surface area contributed by atoms with Gasteiger partial charge in [-0.1, -0.05) is 17.8 Å². The Kier molecular flexibility index (Phi) is 3.84. The molecule has 0 fully saturated rings. The van der Waals surface area contributed by atoms with Crippen LogP contribution in [-0.4, -0.2) is 11.1 Å². The number of halogens is 3. The molecule has 110 valence electrons. The summed E-state index contributed by atoms with van der Waals surface area (Å²) in [4.78, 5) is 11.2. The molecule has 0 atom stereocenters. The van der Waals surface area contributed by atoms with Crippen LogP contribution in [0.5, 0.6) is 0 Å². The third kappa shape index (κ3) is 3.31. The smallest absolute Gasteiger partial charge is 0.351 e. The van der Waals surface area contributed by atoms with Gasteiger partial charge in [-0.25, -0.2) is 0 Å². The van der Waals surface area contributed by atoms with Crippen LogP contribution in [0.25, 0.3) is 11.3 Å². The number of aryl methyl sites for hydroxylation is 1. The monoisotopic (exact) mass is 296 g/mol. The van der Waals surface area contributed by atoms with Gasteiger partial charge in [0.05, 0.1) is 0 Å². The molecule has 1 N–H and O–H groups in total. The maximum Gasteiger partial charge on any atom is 0.452 e. The summed E-state index contributed by atoms with van der Waals surface area (Å²) in [6.45, 7) is 5.02. The molecular weight excluding hydrogens is 285 g/mol. The number of aromatic nitrogens is 1. The SMILES string of the molecule is C=CC(=O)Nc1ccc(-c2cc(C(F)(F)F)on2)c(C)c1. The van der Waals surface area contributed by atoms with E-state index in [2.05, 4.69) is 21.6 Å². The highest BCUT2D eigenvalue weighted by Gasteiger charge is 2.36. The number of anilines is 1. The number of benzene rings is 1. The van der Waals surface area contributed by atoms with Crippen molar-refractivity contribution in [2.24, 2.45) is 0 Å². The molecule has 2 rings (SSSR count). The third-order valence-corrected chi connectivity index (χ3v) is 2.74. The zero-order chi connectivity index (χ0) is 15.6. The van der Waals surface area contributed by atoms with Gasteiger partial charge in [0, 0.05) is 17.3 Å². The van der Waals surface area contributed by atoms with Crippen molar-refractivity contribution in [1.29, 1.82) is 0 Å². The average Bonchev–Trinajstić information content (AvgIpc) is 2.88. The van der Waals surface area contributed by atoms with Crippen LogP contribution in [0.3, 0.4) is 0 Å². The highest BCUT2D eigenvalue weighted by molar-refractivity contribution is 5.99. The minimum Gasteiger partial charge on any atom is -0.351 e. The molecule has 0 aliphatic heterocycles. The van der Waals surface area contributed by atoms with Crippen LogP contribution in [0.2, 0.25) is 0 Å². The van der Waals surface area contributed by atoms with Gasteiger partial charge in [-0.3, -0.25) is 4.79 Å². The molecule has 2 aromatic rings. The first-order valence-corrected chi connectivity index (χ1v) is 5.89. The molecule has 4 nitrogen and oxygen atoms in total. The van der Waals surface area contributed by atoms with Gasteiger partial charge in [0.25, 0.3) is 0 Å². The Balaban J connectivity index is 2.31. The van der Waals surface area contributed by atoms with E-state index in [1.807, 2.05) is 0 Å². The first-order chi connectivity index (χ1) is 9.81. The van der Waals surface area contributed by atoms with Gasteiger partial charge in [0.2, 0.25) is 11.7 Å². The zero-order valence-corrected chi connectivity index (χ0v) is 11.0. The van der Waals surface area contributed by atoms with Crippen LogP contribution >= 0.6 is 0 Å². The number of hydrogen-bond acceptors (Lipinski definition) is 3. The van der Waals surface area contributed by atoms with E-state index in [1.165, 1.54) is 0 Å². The van der Waals surface area contributed by atoms with Crippen molar-refractivity contribution < 1.29 is 22.5 Å². The summed E-state index contributed by atoms with van der Waals surface area (Å²) in [6, 6.07) is 5.58. The summed E-state index contributed by atoms with van der Waals surface area (Å²) in [6.07, 6.45) is -3.45. The lowest BCUT2D eigenvalue weighted by atomic mass is 10.0. The minimum atomic E-state index is -4.57. The molecule has 0 radical (unpaired) electrons. The van der Waals surface area contributed by atoms with Crippen LogP contribution in [0.15, 0.2) is 41.4 Å². The van der Waals surface area contributed by atoms with Gasteiger partial charge in [-0.2, -0.15) is 13.2 Å². The van der Waals surface area contributed by atoms with Gasteiger partial charge in [0.1, 0.15) is 5.69 Å². The largest absolute Gasteiger partial charge is 0.452 e. The van der Waals surface area contributed by atoms with E-state index in [4.69, 9.17) is 0 Å². The van der Waals surface area contributed by atoms with Crippen molar-refractivity contribution in [3.05, 3.63) is 48.2 Å². The van der Waals surface area contributed by atoms with Crippen molar-refractivity contribution in [2.75, 3.05) is 5.32 Å². The Bertz CT molecular complexity index is 690. The van der Waals surface area contributed by atoms with E-state index in [0.29, 0.717) is 16.8 Å². The molecule has 0 unspecified atom stereocenters. The molecule has 0 spiro atoms. The molecule has 0 aliphatic carbocycles. The van der Waals surface area contributed by atoms with Crippen molar-refractivity contribution in [3.63, 3.8) is 0 Å². The summed E-state index contributed by atoms with van der Waals surface area (Å²) >= 11 is 0. The second-order valence-corrected chi connectivity index (χ2v) is 4.30. The van der Waals surface area contributed by atoms with E-state index in [1.54, 1.807) is 25.1 Å². The molecular formula is C14H11F3N2O2. The van der Waals surface area contributed by atoms with Gasteiger partial charge in [0.15, 0.2) is 0 Å². The highest BCUT2D eigenvalue weighted by Crippen LogP contribution is 2.33. The van der Waals surface area contributed by atoms with Gasteiger partial charge in [-0.05, 0) is 30.7 Å². The first-order valence-electron chi connectivity index (χ1n) is 5.89. The molecule has 1 aromatic heterocycles. The first kappa shape index (κ1) is 14.8. The number of amides is 1. The van der Waals surface area contributed by atoms with E-state index in [0.717, 1.165) is 12.1 Å². The number of nitrogens with zero attached hydrogens (tertiary/aromatic N) is 1. The lowest BCUT2D eigenvalue weighted by molar-refractivity contribution is -0.155. The Morgan fingerprint density at radius 1 is 1.38 bits per heavy atom. The molecule has 21 heavy (non-hydrogen) atoms. The Hall–Kier alpha value is -2.57. The molecule has 7 heteroatoms. The minimum absolute atomic E-state index is 0.0847. The Morgan fingerprint density at radius 2 is 2.10 bits per heavy atom. The summed E-state index contributed by atoms with van der Waals surface area (Å²) < 4.78 is 41.7. The fraction of sp³-hybridized carbons (Fsp3) is 0.143. The summed E-state index contributed by atoms with van der Waals surface area (Å²) in [5.41, 5.74) is 1.74. The summed E-state index contributed by atoms with van der Waals surface area (Å²) in [5.74, 6) is -1.52. The van der Waals surface area contributed by atoms with Crippen LogP contribution in [0.1, 0.15) is 11.3 Å². The number of carbonyl (C=O) groups excluding carboxylic acids is 1. The molecule has 1 aromatic carbocycles. The quantitative estimate of drug-likeness (QED) is 0.877. The number of carbonyl (C=O) groups is 1. The highest BCUT2D eigenvalue weighted by atomic mass is 19.4. The third-order valence-electron chi connectivity index (χ3n) is 2.74. The number of hydrogen-bond donors (Lipinski definition) is 1. The molecule has 0 aliphatic rings. The Labute approximate surface area is 118 Å². The van der Waals surface area contributed by atoms with Crippen molar-refractivity contribution in [1.82, 2.24) is 5.16 Å². The van der Waals surface area contributed by atoms with Crippen molar-refractivity contribution >= 4 is 11.6 Å². The average molecular weight is 296 g/mol. The maximum atomic E-state index is 12.5. The van der Waals surface area contributed by atoms with Crippen LogP contribution in [0, 0.1) is 6.92 Å². The molecule has 0 saturated carbocycles.